The van der Waals surface area contributed by atoms with E-state index in [2.05, 4.69) is 20.3 Å². The first-order valence-corrected chi connectivity index (χ1v) is 10.1. The summed E-state index contributed by atoms with van der Waals surface area (Å²) in [6.07, 6.45) is 1.75. The quantitative estimate of drug-likeness (QED) is 0.339. The SMILES string of the molecule is Cc1cccc(N=Nc2c(CSc3ccccn3)[nH]n(-c3ccccc3)c2=O)c1. The van der Waals surface area contributed by atoms with Crippen LogP contribution in [0.5, 0.6) is 0 Å². The van der Waals surface area contributed by atoms with E-state index in [4.69, 9.17) is 0 Å². The van der Waals surface area contributed by atoms with E-state index in [0.29, 0.717) is 22.8 Å². The number of rotatable bonds is 6. The molecule has 2 aromatic heterocycles. The normalized spacial score (nSPS) is 11.2. The molecule has 4 rings (SSSR count). The van der Waals surface area contributed by atoms with Crippen molar-refractivity contribution in [1.82, 2.24) is 14.8 Å². The van der Waals surface area contributed by atoms with Gasteiger partial charge in [0.15, 0.2) is 5.69 Å². The summed E-state index contributed by atoms with van der Waals surface area (Å²) >= 11 is 1.53. The molecule has 1 N–H and O–H groups in total. The number of nitrogens with zero attached hydrogens (tertiary/aromatic N) is 4. The molecule has 0 aliphatic rings. The number of nitrogens with one attached hydrogen (secondary N) is 1. The van der Waals surface area contributed by atoms with E-state index in [1.807, 2.05) is 79.7 Å². The maximum absolute atomic E-state index is 13.0. The van der Waals surface area contributed by atoms with Gasteiger partial charge in [0.2, 0.25) is 0 Å². The summed E-state index contributed by atoms with van der Waals surface area (Å²) in [6, 6.07) is 22.9. The number of azo groups is 1. The molecule has 2 heterocycles. The zero-order valence-electron chi connectivity index (χ0n) is 15.8. The van der Waals surface area contributed by atoms with Crippen LogP contribution in [0.1, 0.15) is 11.3 Å². The Labute approximate surface area is 172 Å². The third-order valence-electron chi connectivity index (χ3n) is 4.22. The van der Waals surface area contributed by atoms with Crippen LogP contribution in [-0.4, -0.2) is 14.8 Å². The molecule has 0 radical (unpaired) electrons. The molecule has 0 saturated heterocycles. The smallest absolute Gasteiger partial charge is 0.292 e. The number of aryl methyl sites for hydroxylation is 1. The molecule has 0 atom stereocenters. The molecule has 4 aromatic rings. The summed E-state index contributed by atoms with van der Waals surface area (Å²) in [5.74, 6) is 0.522. The lowest BCUT2D eigenvalue weighted by atomic mass is 10.2. The monoisotopic (exact) mass is 401 g/mol. The lowest BCUT2D eigenvalue weighted by Gasteiger charge is -2.01. The van der Waals surface area contributed by atoms with Crippen molar-refractivity contribution in [2.45, 2.75) is 17.7 Å². The average molecular weight is 401 g/mol. The third-order valence-corrected chi connectivity index (χ3v) is 5.19. The Morgan fingerprint density at radius 3 is 2.59 bits per heavy atom. The fraction of sp³-hybridized carbons (Fsp3) is 0.0909. The van der Waals surface area contributed by atoms with E-state index < -0.39 is 0 Å². The van der Waals surface area contributed by atoms with Crippen LogP contribution in [-0.2, 0) is 5.75 Å². The summed E-state index contributed by atoms with van der Waals surface area (Å²) in [6.45, 7) is 1.99. The van der Waals surface area contributed by atoms with E-state index in [1.54, 1.807) is 6.20 Å². The summed E-state index contributed by atoms with van der Waals surface area (Å²) in [7, 11) is 0. The standard InChI is InChI=1S/C22H19N5OS/c1-16-8-7-9-17(14-16)24-25-21-19(15-29-20-12-5-6-13-23-20)26-27(22(21)28)18-10-3-2-4-11-18/h2-14,26H,15H2,1H3. The van der Waals surface area contributed by atoms with Gasteiger partial charge in [-0.3, -0.25) is 9.89 Å². The molecule has 0 saturated carbocycles. The van der Waals surface area contributed by atoms with Crippen LogP contribution in [0.2, 0.25) is 0 Å². The van der Waals surface area contributed by atoms with Crippen LogP contribution in [0.15, 0.2) is 99.0 Å². The lowest BCUT2D eigenvalue weighted by Crippen LogP contribution is -2.13. The van der Waals surface area contributed by atoms with Gasteiger partial charge in [0, 0.05) is 11.9 Å². The topological polar surface area (TPSA) is 75.4 Å². The Kier molecular flexibility index (Phi) is 5.67. The van der Waals surface area contributed by atoms with E-state index in [1.165, 1.54) is 16.4 Å². The van der Waals surface area contributed by atoms with Crippen molar-refractivity contribution >= 4 is 23.1 Å². The Hall–Kier alpha value is -3.45. The van der Waals surface area contributed by atoms with Gasteiger partial charge in [0.25, 0.3) is 5.56 Å². The largest absolute Gasteiger partial charge is 0.299 e. The van der Waals surface area contributed by atoms with Gasteiger partial charge in [-0.25, -0.2) is 9.67 Å². The van der Waals surface area contributed by atoms with Gasteiger partial charge in [-0.15, -0.1) is 5.11 Å². The fourth-order valence-electron chi connectivity index (χ4n) is 2.81. The van der Waals surface area contributed by atoms with Gasteiger partial charge < -0.3 is 0 Å². The second kappa shape index (κ2) is 8.70. The molecule has 0 aliphatic carbocycles. The van der Waals surface area contributed by atoms with E-state index in [9.17, 15) is 4.79 Å². The van der Waals surface area contributed by atoms with Crippen LogP contribution in [0, 0.1) is 6.92 Å². The first kappa shape index (κ1) is 18.9. The summed E-state index contributed by atoms with van der Waals surface area (Å²) in [4.78, 5) is 17.4. The van der Waals surface area contributed by atoms with E-state index >= 15 is 0 Å². The molecule has 0 fully saturated rings. The first-order valence-electron chi connectivity index (χ1n) is 9.12. The van der Waals surface area contributed by atoms with E-state index in [0.717, 1.165) is 16.3 Å². The van der Waals surface area contributed by atoms with Crippen molar-refractivity contribution in [3.63, 3.8) is 0 Å². The number of pyridine rings is 1. The molecule has 29 heavy (non-hydrogen) atoms. The van der Waals surface area contributed by atoms with Gasteiger partial charge in [-0.2, -0.15) is 5.11 Å². The molecular weight excluding hydrogens is 382 g/mol. The van der Waals surface area contributed by atoms with Gasteiger partial charge in [0.05, 0.1) is 22.1 Å². The number of H-pyrrole nitrogens is 1. The van der Waals surface area contributed by atoms with Crippen molar-refractivity contribution in [2.24, 2.45) is 10.2 Å². The Bertz CT molecular complexity index is 1180. The minimum Gasteiger partial charge on any atom is -0.292 e. The maximum atomic E-state index is 13.0. The van der Waals surface area contributed by atoms with Crippen LogP contribution in [0.3, 0.4) is 0 Å². The van der Waals surface area contributed by atoms with Crippen LogP contribution >= 0.6 is 11.8 Å². The second-order valence-electron chi connectivity index (χ2n) is 6.41. The van der Waals surface area contributed by atoms with Crippen molar-refractivity contribution in [1.29, 1.82) is 0 Å². The number of hydrogen-bond acceptors (Lipinski definition) is 5. The maximum Gasteiger partial charge on any atom is 0.299 e. The number of aromatic amines is 1. The van der Waals surface area contributed by atoms with Gasteiger partial charge >= 0.3 is 0 Å². The molecule has 6 nitrogen and oxygen atoms in total. The molecule has 0 spiro atoms. The summed E-state index contributed by atoms with van der Waals surface area (Å²) in [5.41, 5.74) is 3.32. The molecule has 2 aromatic carbocycles. The predicted octanol–water partition coefficient (Wildman–Crippen LogP) is 5.58. The molecule has 0 unspecified atom stereocenters. The number of para-hydroxylation sites is 1. The zero-order valence-corrected chi connectivity index (χ0v) is 16.6. The number of thioether (sulfide) groups is 1. The highest BCUT2D eigenvalue weighted by Crippen LogP contribution is 2.26. The minimum atomic E-state index is -0.232. The van der Waals surface area contributed by atoms with Gasteiger partial charge in [-0.05, 0) is 48.9 Å². The Balaban J connectivity index is 1.70. The minimum absolute atomic E-state index is 0.232. The van der Waals surface area contributed by atoms with Crippen LogP contribution < -0.4 is 5.56 Å². The number of aromatic nitrogens is 3. The highest BCUT2D eigenvalue weighted by atomic mass is 32.2. The zero-order chi connectivity index (χ0) is 20.1. The molecular formula is C22H19N5OS. The molecule has 0 bridgehead atoms. The summed E-state index contributed by atoms with van der Waals surface area (Å²) < 4.78 is 1.50. The molecule has 0 aliphatic heterocycles. The van der Waals surface area contributed by atoms with Crippen molar-refractivity contribution in [3.8, 4) is 5.69 Å². The average Bonchev–Trinajstić information content (AvgIpc) is 3.07. The number of benzene rings is 2. The Morgan fingerprint density at radius 1 is 1.00 bits per heavy atom. The molecule has 7 heteroatoms. The van der Waals surface area contributed by atoms with Crippen molar-refractivity contribution < 1.29 is 0 Å². The third kappa shape index (κ3) is 4.52. The van der Waals surface area contributed by atoms with Crippen molar-refractivity contribution in [3.05, 3.63) is 101 Å². The van der Waals surface area contributed by atoms with Crippen LogP contribution in [0.25, 0.3) is 5.69 Å². The van der Waals surface area contributed by atoms with E-state index in [-0.39, 0.29) is 5.56 Å². The highest BCUT2D eigenvalue weighted by Gasteiger charge is 2.16. The lowest BCUT2D eigenvalue weighted by molar-refractivity contribution is 0.833. The fourth-order valence-corrected chi connectivity index (χ4v) is 3.62. The van der Waals surface area contributed by atoms with Crippen molar-refractivity contribution in [2.75, 3.05) is 0 Å². The van der Waals surface area contributed by atoms with Gasteiger partial charge in [0.1, 0.15) is 0 Å². The molecule has 144 valence electrons. The predicted molar refractivity (Wildman–Crippen MR) is 116 cm³/mol. The first-order chi connectivity index (χ1) is 14.2. The Morgan fingerprint density at radius 2 is 1.83 bits per heavy atom. The second-order valence-corrected chi connectivity index (χ2v) is 7.41. The van der Waals surface area contributed by atoms with Gasteiger partial charge in [-0.1, -0.05) is 48.2 Å². The number of hydrogen-bond donors (Lipinski definition) is 1. The van der Waals surface area contributed by atoms with Crippen LogP contribution in [0.4, 0.5) is 11.4 Å². The summed E-state index contributed by atoms with van der Waals surface area (Å²) in [5, 5.41) is 12.7. The highest BCUT2D eigenvalue weighted by molar-refractivity contribution is 7.98. The molecule has 0 amide bonds.